The molecule has 0 aromatic heterocycles. The molecule has 1 aliphatic rings. The monoisotopic (exact) mass is 324 g/mol. The number of carbonyl (C=O) groups is 1. The van der Waals surface area contributed by atoms with Crippen molar-refractivity contribution in [1.29, 1.82) is 0 Å². The maximum atomic E-state index is 11.4. The molecular weight excluding hydrogens is 284 g/mol. The van der Waals surface area contributed by atoms with Gasteiger partial charge >= 0.3 is 0 Å². The third-order valence-corrected chi connectivity index (χ3v) is 5.48. The molecule has 1 heterocycles. The van der Waals surface area contributed by atoms with E-state index in [9.17, 15) is 4.79 Å². The van der Waals surface area contributed by atoms with Crippen LogP contribution in [0.4, 0.5) is 0 Å². The molecule has 136 valence electrons. The number of likely N-dealkylation sites (tertiary alicyclic amines) is 1. The van der Waals surface area contributed by atoms with E-state index in [0.29, 0.717) is 0 Å². The van der Waals surface area contributed by atoms with E-state index in [0.717, 1.165) is 32.0 Å². The third kappa shape index (κ3) is 8.74. The van der Waals surface area contributed by atoms with E-state index in [2.05, 4.69) is 18.7 Å². The molecule has 1 fully saturated rings. The first-order valence-electron chi connectivity index (χ1n) is 10.2. The van der Waals surface area contributed by atoms with Gasteiger partial charge in [0.25, 0.3) is 0 Å². The second-order valence-electron chi connectivity index (χ2n) is 7.42. The highest BCUT2D eigenvalue weighted by atomic mass is 16.1. The van der Waals surface area contributed by atoms with Gasteiger partial charge in [0.2, 0.25) is 5.91 Å². The van der Waals surface area contributed by atoms with Gasteiger partial charge < -0.3 is 10.6 Å². The summed E-state index contributed by atoms with van der Waals surface area (Å²) in [6.45, 7) is 6.70. The molecular formula is C20H40N2O. The van der Waals surface area contributed by atoms with Crippen molar-refractivity contribution >= 4 is 5.91 Å². The van der Waals surface area contributed by atoms with Gasteiger partial charge in [0.15, 0.2) is 0 Å². The molecule has 0 aliphatic carbocycles. The Balaban J connectivity index is 2.35. The van der Waals surface area contributed by atoms with Gasteiger partial charge in [0.05, 0.1) is 0 Å². The van der Waals surface area contributed by atoms with Crippen molar-refractivity contribution in [2.24, 2.45) is 11.7 Å². The number of unbranched alkanes of at least 4 members (excludes halogenated alkanes) is 7. The van der Waals surface area contributed by atoms with Crippen LogP contribution in [0.15, 0.2) is 0 Å². The number of rotatable bonds is 13. The first-order valence-corrected chi connectivity index (χ1v) is 10.2. The van der Waals surface area contributed by atoms with Gasteiger partial charge in [-0.05, 0) is 38.8 Å². The summed E-state index contributed by atoms with van der Waals surface area (Å²) >= 11 is 0. The van der Waals surface area contributed by atoms with Crippen LogP contribution in [-0.2, 0) is 4.79 Å². The molecule has 1 amide bonds. The molecule has 0 saturated carbocycles. The smallest absolute Gasteiger partial charge is 0.220 e. The van der Waals surface area contributed by atoms with Crippen molar-refractivity contribution in [3.8, 4) is 0 Å². The fraction of sp³-hybridized carbons (Fsp3) is 0.950. The average molecular weight is 325 g/mol. The first-order chi connectivity index (χ1) is 11.2. The van der Waals surface area contributed by atoms with Crippen molar-refractivity contribution in [3.63, 3.8) is 0 Å². The number of hydrogen-bond donors (Lipinski definition) is 1. The number of hydrogen-bond acceptors (Lipinski definition) is 2. The Morgan fingerprint density at radius 2 is 1.39 bits per heavy atom. The van der Waals surface area contributed by atoms with Gasteiger partial charge in [-0.1, -0.05) is 71.6 Å². The van der Waals surface area contributed by atoms with Gasteiger partial charge in [-0.15, -0.1) is 0 Å². The SMILES string of the molecule is CCCCCCCC(CCCCCC)N1CCC(C(N)=O)CC1. The summed E-state index contributed by atoms with van der Waals surface area (Å²) in [5, 5.41) is 0. The van der Waals surface area contributed by atoms with E-state index in [1.54, 1.807) is 0 Å². The Labute approximate surface area is 144 Å². The highest BCUT2D eigenvalue weighted by Gasteiger charge is 2.27. The van der Waals surface area contributed by atoms with Crippen LogP contribution in [0.5, 0.6) is 0 Å². The van der Waals surface area contributed by atoms with Crippen molar-refractivity contribution in [2.45, 2.75) is 103 Å². The maximum Gasteiger partial charge on any atom is 0.220 e. The highest BCUT2D eigenvalue weighted by molar-refractivity contribution is 5.76. The number of nitrogens with zero attached hydrogens (tertiary/aromatic N) is 1. The van der Waals surface area contributed by atoms with Crippen LogP contribution >= 0.6 is 0 Å². The Hall–Kier alpha value is -0.570. The van der Waals surface area contributed by atoms with Crippen molar-refractivity contribution in [2.75, 3.05) is 13.1 Å². The lowest BCUT2D eigenvalue weighted by Crippen LogP contribution is -2.44. The number of carbonyl (C=O) groups excluding carboxylic acids is 1. The lowest BCUT2D eigenvalue weighted by molar-refractivity contribution is -0.123. The van der Waals surface area contributed by atoms with Crippen LogP contribution in [0, 0.1) is 5.92 Å². The quantitative estimate of drug-likeness (QED) is 0.491. The minimum absolute atomic E-state index is 0.0938. The van der Waals surface area contributed by atoms with Crippen molar-refractivity contribution in [1.82, 2.24) is 4.90 Å². The minimum atomic E-state index is -0.0938. The molecule has 3 heteroatoms. The Bertz CT molecular complexity index is 298. The number of piperidine rings is 1. The topological polar surface area (TPSA) is 46.3 Å². The van der Waals surface area contributed by atoms with Crippen LogP contribution < -0.4 is 5.73 Å². The van der Waals surface area contributed by atoms with Crippen molar-refractivity contribution in [3.05, 3.63) is 0 Å². The van der Waals surface area contributed by atoms with Crippen LogP contribution in [0.25, 0.3) is 0 Å². The number of nitrogens with two attached hydrogens (primary N) is 1. The molecule has 0 radical (unpaired) electrons. The zero-order valence-electron chi connectivity index (χ0n) is 15.7. The largest absolute Gasteiger partial charge is 0.369 e. The third-order valence-electron chi connectivity index (χ3n) is 5.48. The molecule has 23 heavy (non-hydrogen) atoms. The summed E-state index contributed by atoms with van der Waals surface area (Å²) in [4.78, 5) is 14.0. The van der Waals surface area contributed by atoms with Crippen LogP contribution in [0.3, 0.4) is 0 Å². The standard InChI is InChI=1S/C20H40N2O/c1-3-5-7-9-11-13-19(12-10-8-6-4-2)22-16-14-18(15-17-22)20(21)23/h18-19H,3-17H2,1-2H3,(H2,21,23). The van der Waals surface area contributed by atoms with Crippen LogP contribution in [-0.4, -0.2) is 29.9 Å². The van der Waals surface area contributed by atoms with Crippen LogP contribution in [0.1, 0.15) is 97.3 Å². The summed E-state index contributed by atoms with van der Waals surface area (Å²) in [7, 11) is 0. The molecule has 1 saturated heterocycles. The molecule has 3 nitrogen and oxygen atoms in total. The summed E-state index contributed by atoms with van der Waals surface area (Å²) < 4.78 is 0. The molecule has 0 aromatic rings. The summed E-state index contributed by atoms with van der Waals surface area (Å²) in [5.74, 6) is 0.0280. The molecule has 2 N–H and O–H groups in total. The van der Waals surface area contributed by atoms with E-state index in [-0.39, 0.29) is 11.8 Å². The summed E-state index contributed by atoms with van der Waals surface area (Å²) in [5.41, 5.74) is 5.47. The maximum absolute atomic E-state index is 11.4. The predicted molar refractivity (Wildman–Crippen MR) is 99.4 cm³/mol. The van der Waals surface area contributed by atoms with Gasteiger partial charge in [-0.2, -0.15) is 0 Å². The van der Waals surface area contributed by atoms with E-state index in [4.69, 9.17) is 5.73 Å². The summed E-state index contributed by atoms with van der Waals surface area (Å²) in [6, 6.07) is 0.738. The lowest BCUT2D eigenvalue weighted by atomic mass is 9.92. The fourth-order valence-electron chi connectivity index (χ4n) is 3.85. The Morgan fingerprint density at radius 3 is 1.87 bits per heavy atom. The normalized spacial score (nSPS) is 18.2. The molecule has 0 bridgehead atoms. The van der Waals surface area contributed by atoms with Gasteiger partial charge in [0.1, 0.15) is 0 Å². The minimum Gasteiger partial charge on any atom is -0.369 e. The second-order valence-corrected chi connectivity index (χ2v) is 7.42. The van der Waals surface area contributed by atoms with Gasteiger partial charge in [-0.3, -0.25) is 4.79 Å². The summed E-state index contributed by atoms with van der Waals surface area (Å²) in [6.07, 6.45) is 16.9. The van der Waals surface area contributed by atoms with E-state index in [1.165, 1.54) is 70.6 Å². The van der Waals surface area contributed by atoms with Gasteiger partial charge in [-0.25, -0.2) is 0 Å². The van der Waals surface area contributed by atoms with E-state index >= 15 is 0 Å². The Morgan fingerprint density at radius 1 is 0.913 bits per heavy atom. The number of primary amides is 1. The predicted octanol–water partition coefficient (Wildman–Crippen LogP) is 4.88. The van der Waals surface area contributed by atoms with Gasteiger partial charge in [0, 0.05) is 12.0 Å². The second kappa shape index (κ2) is 12.8. The molecule has 1 unspecified atom stereocenters. The van der Waals surface area contributed by atoms with Crippen LogP contribution in [0.2, 0.25) is 0 Å². The Kier molecular flexibility index (Phi) is 11.4. The molecule has 1 aliphatic heterocycles. The fourth-order valence-corrected chi connectivity index (χ4v) is 3.85. The average Bonchev–Trinajstić information content (AvgIpc) is 2.56. The molecule has 1 atom stereocenters. The van der Waals surface area contributed by atoms with Crippen molar-refractivity contribution < 1.29 is 4.79 Å². The number of amides is 1. The lowest BCUT2D eigenvalue weighted by Gasteiger charge is -2.37. The van der Waals surface area contributed by atoms with E-state index in [1.807, 2.05) is 0 Å². The first kappa shape index (κ1) is 20.5. The molecule has 0 spiro atoms. The zero-order valence-corrected chi connectivity index (χ0v) is 15.7. The molecule has 0 aromatic carbocycles. The zero-order chi connectivity index (χ0) is 16.9. The van der Waals surface area contributed by atoms with E-state index < -0.39 is 0 Å². The molecule has 1 rings (SSSR count). The highest BCUT2D eigenvalue weighted by Crippen LogP contribution is 2.24.